The van der Waals surface area contributed by atoms with E-state index in [0.717, 1.165) is 43.2 Å². The monoisotopic (exact) mass is 515 g/mol. The minimum atomic E-state index is -5.08. The number of pyridine rings is 1. The number of nitrogens with one attached hydrogen (secondary N) is 1. The van der Waals surface area contributed by atoms with Gasteiger partial charge in [-0.1, -0.05) is 35.5 Å². The van der Waals surface area contributed by atoms with Crippen molar-refractivity contribution in [3.8, 4) is 11.4 Å². The lowest BCUT2D eigenvalue weighted by Crippen LogP contribution is -2.33. The lowest BCUT2D eigenvalue weighted by molar-refractivity contribution is -0.192. The van der Waals surface area contributed by atoms with Crippen LogP contribution in [0, 0.1) is 6.92 Å². The van der Waals surface area contributed by atoms with Gasteiger partial charge in [0.25, 0.3) is 0 Å². The zero-order chi connectivity index (χ0) is 26.4. The number of aromatic amines is 1. The fourth-order valence-corrected chi connectivity index (χ4v) is 3.93. The largest absolute Gasteiger partial charge is 0.490 e. The first-order valence-electron chi connectivity index (χ1n) is 11.5. The number of alkyl halides is 3. The van der Waals surface area contributed by atoms with Crippen molar-refractivity contribution in [3.05, 3.63) is 71.9 Å². The summed E-state index contributed by atoms with van der Waals surface area (Å²) in [7, 11) is 0. The minimum absolute atomic E-state index is 0.291. The summed E-state index contributed by atoms with van der Waals surface area (Å²) in [6.07, 6.45) is 1.13. The molecule has 10 nitrogen and oxygen atoms in total. The number of anilines is 1. The summed E-state index contributed by atoms with van der Waals surface area (Å²) < 4.78 is 37.3. The Hall–Kier alpha value is -4.29. The number of hydrogen-bond donors (Lipinski definition) is 2. The first kappa shape index (κ1) is 25.8. The first-order valence-corrected chi connectivity index (χ1v) is 11.5. The lowest BCUT2D eigenvalue weighted by atomic mass is 9.96. The minimum Gasteiger partial charge on any atom is -0.475 e. The third kappa shape index (κ3) is 6.68. The Balaban J connectivity index is 0.000000405. The van der Waals surface area contributed by atoms with Crippen LogP contribution in [0.2, 0.25) is 0 Å². The van der Waals surface area contributed by atoms with Gasteiger partial charge in [-0.3, -0.25) is 10.1 Å². The highest BCUT2D eigenvalue weighted by Gasteiger charge is 2.38. The highest BCUT2D eigenvalue weighted by atomic mass is 19.4. The SMILES string of the molecule is Cc1cnccc1N1CCC(c2nc(Cc3nc(-c4ccccc4)n[nH]3)no2)CC1.O=C(O)C(F)(F)F. The van der Waals surface area contributed by atoms with E-state index in [1.54, 1.807) is 0 Å². The number of piperidine rings is 1. The number of aliphatic carboxylic acids is 1. The molecule has 5 rings (SSSR count). The predicted molar refractivity (Wildman–Crippen MR) is 126 cm³/mol. The van der Waals surface area contributed by atoms with Crippen molar-refractivity contribution in [3.63, 3.8) is 0 Å². The summed E-state index contributed by atoms with van der Waals surface area (Å²) in [6.45, 7) is 4.04. The van der Waals surface area contributed by atoms with Gasteiger partial charge in [-0.2, -0.15) is 23.3 Å². The Kier molecular flexibility index (Phi) is 7.80. The fourth-order valence-electron chi connectivity index (χ4n) is 3.93. The van der Waals surface area contributed by atoms with Crippen molar-refractivity contribution >= 4 is 11.7 Å². The van der Waals surface area contributed by atoms with E-state index in [4.69, 9.17) is 14.4 Å². The Morgan fingerprint density at radius 2 is 1.86 bits per heavy atom. The Bertz CT molecular complexity index is 1320. The van der Waals surface area contributed by atoms with E-state index in [2.05, 4.69) is 48.2 Å². The molecule has 0 radical (unpaired) electrons. The molecule has 0 aliphatic carbocycles. The van der Waals surface area contributed by atoms with Gasteiger partial charge < -0.3 is 14.5 Å². The van der Waals surface area contributed by atoms with Crippen LogP contribution in [0.1, 0.15) is 41.9 Å². The van der Waals surface area contributed by atoms with Crippen LogP contribution in [0.25, 0.3) is 11.4 Å². The maximum atomic E-state index is 10.6. The molecular formula is C24H24F3N7O3. The van der Waals surface area contributed by atoms with Gasteiger partial charge >= 0.3 is 12.1 Å². The second kappa shape index (κ2) is 11.2. The number of carboxylic acids is 1. The van der Waals surface area contributed by atoms with Crippen molar-refractivity contribution in [2.45, 2.75) is 38.3 Å². The predicted octanol–water partition coefficient (Wildman–Crippen LogP) is 4.17. The average Bonchev–Trinajstić information content (AvgIpc) is 3.55. The van der Waals surface area contributed by atoms with Crippen LogP contribution >= 0.6 is 0 Å². The van der Waals surface area contributed by atoms with Gasteiger partial charge in [-0.15, -0.1) is 0 Å². The molecule has 37 heavy (non-hydrogen) atoms. The molecule has 13 heteroatoms. The van der Waals surface area contributed by atoms with Crippen LogP contribution < -0.4 is 4.90 Å². The topological polar surface area (TPSA) is 134 Å². The quantitative estimate of drug-likeness (QED) is 0.402. The molecular weight excluding hydrogens is 491 g/mol. The zero-order valence-corrected chi connectivity index (χ0v) is 19.8. The fraction of sp³-hybridized carbons (Fsp3) is 0.333. The number of aryl methyl sites for hydroxylation is 1. The molecule has 4 aromatic rings. The van der Waals surface area contributed by atoms with E-state index in [9.17, 15) is 13.2 Å². The lowest BCUT2D eigenvalue weighted by Gasteiger charge is -2.33. The summed E-state index contributed by atoms with van der Waals surface area (Å²) in [5.74, 6) is 0.288. The van der Waals surface area contributed by atoms with E-state index < -0.39 is 12.1 Å². The maximum absolute atomic E-state index is 10.6. The summed E-state index contributed by atoms with van der Waals surface area (Å²) in [5, 5.41) is 18.6. The standard InChI is InChI=1S/C22H23N7O.C2HF3O2/c1-15-14-23-10-7-18(15)29-11-8-17(9-12-29)22-25-20(28-30-22)13-19-24-21(27-26-19)16-5-3-2-4-6-16;3-2(4,5)1(6)7/h2-7,10,14,17H,8-9,11-13H2,1H3,(H,24,26,27);(H,6,7). The number of H-pyrrole nitrogens is 1. The van der Waals surface area contributed by atoms with Gasteiger partial charge in [0.2, 0.25) is 5.89 Å². The summed E-state index contributed by atoms with van der Waals surface area (Å²) >= 11 is 0. The molecule has 3 aromatic heterocycles. The molecule has 1 aliphatic heterocycles. The number of nitrogens with zero attached hydrogens (tertiary/aromatic N) is 6. The summed E-state index contributed by atoms with van der Waals surface area (Å²) in [4.78, 5) is 24.7. The van der Waals surface area contributed by atoms with E-state index in [0.29, 0.717) is 24.0 Å². The smallest absolute Gasteiger partial charge is 0.475 e. The van der Waals surface area contributed by atoms with E-state index in [1.807, 2.05) is 42.7 Å². The molecule has 2 N–H and O–H groups in total. The van der Waals surface area contributed by atoms with Crippen molar-refractivity contribution in [2.75, 3.05) is 18.0 Å². The van der Waals surface area contributed by atoms with Crippen LogP contribution in [-0.4, -0.2) is 60.6 Å². The highest BCUT2D eigenvalue weighted by Crippen LogP contribution is 2.30. The van der Waals surface area contributed by atoms with E-state index in [1.165, 1.54) is 11.3 Å². The third-order valence-electron chi connectivity index (χ3n) is 5.79. The van der Waals surface area contributed by atoms with Crippen molar-refractivity contribution in [2.24, 2.45) is 0 Å². The molecule has 0 spiro atoms. The highest BCUT2D eigenvalue weighted by molar-refractivity contribution is 5.73. The van der Waals surface area contributed by atoms with Crippen molar-refractivity contribution in [1.82, 2.24) is 30.3 Å². The number of hydrogen-bond acceptors (Lipinski definition) is 8. The van der Waals surface area contributed by atoms with Crippen LogP contribution in [0.4, 0.5) is 18.9 Å². The van der Waals surface area contributed by atoms with Gasteiger partial charge in [0.05, 0.1) is 6.42 Å². The molecule has 0 unspecified atom stereocenters. The molecule has 1 aliphatic rings. The average molecular weight is 515 g/mol. The maximum Gasteiger partial charge on any atom is 0.490 e. The molecule has 0 saturated carbocycles. The number of halogens is 3. The second-order valence-corrected chi connectivity index (χ2v) is 8.42. The van der Waals surface area contributed by atoms with Crippen LogP contribution in [0.15, 0.2) is 53.3 Å². The first-order chi connectivity index (χ1) is 17.7. The third-order valence-corrected chi connectivity index (χ3v) is 5.79. The molecule has 0 amide bonds. The molecule has 0 bridgehead atoms. The summed E-state index contributed by atoms with van der Waals surface area (Å²) in [5.41, 5.74) is 3.44. The molecule has 1 saturated heterocycles. The second-order valence-electron chi connectivity index (χ2n) is 8.42. The molecule has 194 valence electrons. The number of rotatable bonds is 5. The number of aromatic nitrogens is 6. The van der Waals surface area contributed by atoms with Crippen molar-refractivity contribution in [1.29, 1.82) is 0 Å². The number of benzene rings is 1. The molecule has 1 fully saturated rings. The van der Waals surface area contributed by atoms with Gasteiger partial charge in [-0.05, 0) is 31.4 Å². The number of carboxylic acid groups (broad SMARTS) is 1. The van der Waals surface area contributed by atoms with E-state index >= 15 is 0 Å². The Morgan fingerprint density at radius 3 is 2.51 bits per heavy atom. The Morgan fingerprint density at radius 1 is 1.16 bits per heavy atom. The van der Waals surface area contributed by atoms with Gasteiger partial charge in [0.15, 0.2) is 11.6 Å². The zero-order valence-electron chi connectivity index (χ0n) is 19.8. The normalized spacial score (nSPS) is 14.2. The van der Waals surface area contributed by atoms with Crippen molar-refractivity contribution < 1.29 is 27.6 Å². The Labute approximate surface area is 209 Å². The van der Waals surface area contributed by atoms with Crippen LogP contribution in [-0.2, 0) is 11.2 Å². The van der Waals surface area contributed by atoms with Gasteiger partial charge in [-0.25, -0.2) is 9.78 Å². The molecule has 4 heterocycles. The summed E-state index contributed by atoms with van der Waals surface area (Å²) in [6, 6.07) is 12.0. The number of carbonyl (C=O) groups is 1. The molecule has 0 atom stereocenters. The van der Waals surface area contributed by atoms with Gasteiger partial charge in [0.1, 0.15) is 5.82 Å². The van der Waals surface area contributed by atoms with E-state index in [-0.39, 0.29) is 0 Å². The van der Waals surface area contributed by atoms with Gasteiger partial charge in [0, 0.05) is 42.7 Å². The molecule has 1 aromatic carbocycles. The van der Waals surface area contributed by atoms with Crippen LogP contribution in [0.5, 0.6) is 0 Å². The van der Waals surface area contributed by atoms with Crippen LogP contribution in [0.3, 0.4) is 0 Å².